The van der Waals surface area contributed by atoms with Crippen LogP contribution in [0.1, 0.15) is 11.1 Å². The molecule has 0 saturated heterocycles. The summed E-state index contributed by atoms with van der Waals surface area (Å²) in [6.45, 7) is 0.932. The minimum absolute atomic E-state index is 0.416. The van der Waals surface area contributed by atoms with E-state index in [2.05, 4.69) is 0 Å². The molecule has 112 valence electrons. The van der Waals surface area contributed by atoms with Crippen molar-refractivity contribution in [2.45, 2.75) is 12.3 Å². The van der Waals surface area contributed by atoms with E-state index < -0.39 is 10.8 Å². The molecule has 21 heavy (non-hydrogen) atoms. The molecule has 0 heterocycles. The second-order valence-electron chi connectivity index (χ2n) is 4.58. The van der Waals surface area contributed by atoms with Crippen LogP contribution in [-0.4, -0.2) is 16.6 Å². The zero-order chi connectivity index (χ0) is 15.1. The van der Waals surface area contributed by atoms with Gasteiger partial charge >= 0.3 is 0 Å². The molecular formula is C16H18ClNO2S. The highest BCUT2D eigenvalue weighted by atomic mass is 35.5. The molecule has 3 nitrogen and oxygen atoms in total. The highest BCUT2D eigenvalue weighted by Crippen LogP contribution is 2.17. The van der Waals surface area contributed by atoms with Crippen LogP contribution >= 0.6 is 11.6 Å². The lowest BCUT2D eigenvalue weighted by Gasteiger charge is -2.07. The Balaban J connectivity index is 1.77. The molecule has 0 bridgehead atoms. The maximum absolute atomic E-state index is 12.0. The van der Waals surface area contributed by atoms with E-state index in [4.69, 9.17) is 22.1 Å². The average Bonchev–Trinajstić information content (AvgIpc) is 2.50. The van der Waals surface area contributed by atoms with Gasteiger partial charge in [0.2, 0.25) is 0 Å². The molecule has 0 aromatic heterocycles. The second-order valence-corrected chi connectivity index (χ2v) is 6.56. The first-order chi connectivity index (χ1) is 10.2. The summed E-state index contributed by atoms with van der Waals surface area (Å²) < 4.78 is 17.6. The molecule has 1 unspecified atom stereocenters. The molecule has 0 radical (unpaired) electrons. The molecule has 0 fully saturated rings. The molecule has 0 spiro atoms. The lowest BCUT2D eigenvalue weighted by molar-refractivity contribution is 0.342. The highest BCUT2D eigenvalue weighted by Gasteiger charge is 2.05. The largest absolute Gasteiger partial charge is 0.493 e. The molecule has 2 N–H and O–H groups in total. The molecule has 2 aromatic rings. The van der Waals surface area contributed by atoms with Crippen molar-refractivity contribution in [3.05, 3.63) is 64.7 Å². The van der Waals surface area contributed by atoms with Crippen LogP contribution in [0.15, 0.2) is 48.5 Å². The van der Waals surface area contributed by atoms with E-state index in [9.17, 15) is 4.21 Å². The van der Waals surface area contributed by atoms with E-state index >= 15 is 0 Å². The van der Waals surface area contributed by atoms with Crippen molar-refractivity contribution in [2.24, 2.45) is 5.73 Å². The third-order valence-corrected chi connectivity index (χ3v) is 4.64. The summed E-state index contributed by atoms with van der Waals surface area (Å²) in [6, 6.07) is 15.1. The summed E-state index contributed by atoms with van der Waals surface area (Å²) in [7, 11) is -0.990. The van der Waals surface area contributed by atoms with Crippen molar-refractivity contribution >= 4 is 22.4 Å². The molecular weight excluding hydrogens is 306 g/mol. The van der Waals surface area contributed by atoms with Gasteiger partial charge < -0.3 is 10.5 Å². The predicted molar refractivity (Wildman–Crippen MR) is 88.0 cm³/mol. The van der Waals surface area contributed by atoms with E-state index in [1.54, 1.807) is 0 Å². The van der Waals surface area contributed by atoms with Crippen molar-refractivity contribution in [3.63, 3.8) is 0 Å². The van der Waals surface area contributed by atoms with Gasteiger partial charge in [-0.2, -0.15) is 0 Å². The predicted octanol–water partition coefficient (Wildman–Crippen LogP) is 3.13. The Kier molecular flexibility index (Phi) is 6.23. The summed E-state index contributed by atoms with van der Waals surface area (Å²) in [5, 5.41) is 0.657. The third-order valence-electron chi connectivity index (χ3n) is 3.01. The first-order valence-corrected chi connectivity index (χ1v) is 8.56. The van der Waals surface area contributed by atoms with Crippen molar-refractivity contribution in [3.8, 4) is 5.75 Å². The Morgan fingerprint density at radius 1 is 1.10 bits per heavy atom. The maximum Gasteiger partial charge on any atom is 0.119 e. The molecule has 1 atom stereocenters. The van der Waals surface area contributed by atoms with Crippen molar-refractivity contribution < 1.29 is 8.95 Å². The van der Waals surface area contributed by atoms with Crippen molar-refractivity contribution in [1.29, 1.82) is 0 Å². The summed E-state index contributed by atoms with van der Waals surface area (Å²) in [4.78, 5) is 0. The SMILES string of the molecule is NCc1ccc(OCCS(=O)Cc2ccccc2Cl)cc1. The first kappa shape index (κ1) is 16.0. The van der Waals surface area contributed by atoms with Gasteiger partial charge in [0, 0.05) is 22.4 Å². The Hall–Kier alpha value is -1.36. The van der Waals surface area contributed by atoms with E-state index in [0.29, 0.717) is 29.7 Å². The maximum atomic E-state index is 12.0. The zero-order valence-corrected chi connectivity index (χ0v) is 13.2. The van der Waals surface area contributed by atoms with Gasteiger partial charge in [-0.05, 0) is 29.3 Å². The van der Waals surface area contributed by atoms with Crippen LogP contribution in [0.4, 0.5) is 0 Å². The molecule has 0 saturated carbocycles. The summed E-state index contributed by atoms with van der Waals surface area (Å²) in [5.74, 6) is 1.70. The van der Waals surface area contributed by atoms with Gasteiger partial charge in [0.25, 0.3) is 0 Å². The molecule has 5 heteroatoms. The van der Waals surface area contributed by atoms with Crippen molar-refractivity contribution in [1.82, 2.24) is 0 Å². The molecule has 0 aliphatic heterocycles. The zero-order valence-electron chi connectivity index (χ0n) is 11.6. The first-order valence-electron chi connectivity index (χ1n) is 6.69. The van der Waals surface area contributed by atoms with Crippen LogP contribution in [0.2, 0.25) is 5.02 Å². The molecule has 0 amide bonds. The fourth-order valence-electron chi connectivity index (χ4n) is 1.84. The number of rotatable bonds is 7. The molecule has 2 rings (SSSR count). The van der Waals surface area contributed by atoms with Crippen LogP contribution < -0.4 is 10.5 Å². The van der Waals surface area contributed by atoms with E-state index in [1.807, 2.05) is 48.5 Å². The van der Waals surface area contributed by atoms with Gasteiger partial charge in [-0.25, -0.2) is 0 Å². The molecule has 2 aromatic carbocycles. The van der Waals surface area contributed by atoms with Gasteiger partial charge in [0.1, 0.15) is 5.75 Å². The fourth-order valence-corrected chi connectivity index (χ4v) is 3.13. The minimum Gasteiger partial charge on any atom is -0.493 e. The van der Waals surface area contributed by atoms with E-state index in [0.717, 1.165) is 16.9 Å². The van der Waals surface area contributed by atoms with Gasteiger partial charge in [-0.3, -0.25) is 4.21 Å². The lowest BCUT2D eigenvalue weighted by Crippen LogP contribution is -2.10. The van der Waals surface area contributed by atoms with Gasteiger partial charge in [-0.1, -0.05) is 41.9 Å². The second kappa shape index (κ2) is 8.17. The molecule has 0 aliphatic rings. The number of benzene rings is 2. The number of hydrogen-bond donors (Lipinski definition) is 1. The van der Waals surface area contributed by atoms with E-state index in [1.165, 1.54) is 0 Å². The lowest BCUT2D eigenvalue weighted by atomic mass is 10.2. The van der Waals surface area contributed by atoms with Crippen LogP contribution in [0.25, 0.3) is 0 Å². The van der Waals surface area contributed by atoms with E-state index in [-0.39, 0.29) is 0 Å². The Morgan fingerprint density at radius 3 is 2.48 bits per heavy atom. The van der Waals surface area contributed by atoms with Crippen molar-refractivity contribution in [2.75, 3.05) is 12.4 Å². The summed E-state index contributed by atoms with van der Waals surface area (Å²) in [6.07, 6.45) is 0. The van der Waals surface area contributed by atoms with Gasteiger partial charge in [0.15, 0.2) is 0 Å². The quantitative estimate of drug-likeness (QED) is 0.851. The van der Waals surface area contributed by atoms with Gasteiger partial charge in [0.05, 0.1) is 18.1 Å². The third kappa shape index (κ3) is 5.16. The number of nitrogens with two attached hydrogens (primary N) is 1. The van der Waals surface area contributed by atoms with Gasteiger partial charge in [-0.15, -0.1) is 0 Å². The minimum atomic E-state index is -0.990. The normalized spacial score (nSPS) is 12.1. The smallest absolute Gasteiger partial charge is 0.119 e. The number of hydrogen-bond acceptors (Lipinski definition) is 3. The summed E-state index contributed by atoms with van der Waals surface area (Å²) in [5.41, 5.74) is 7.50. The molecule has 0 aliphatic carbocycles. The topological polar surface area (TPSA) is 52.3 Å². The standard InChI is InChI=1S/C16H18ClNO2S/c17-16-4-2-1-3-14(16)12-21(19)10-9-20-15-7-5-13(11-18)6-8-15/h1-8H,9-12,18H2. The van der Waals surface area contributed by atoms with Crippen LogP contribution in [0, 0.1) is 0 Å². The Morgan fingerprint density at radius 2 is 1.81 bits per heavy atom. The number of ether oxygens (including phenoxy) is 1. The van der Waals surface area contributed by atoms with Crippen LogP contribution in [-0.2, 0) is 23.1 Å². The van der Waals surface area contributed by atoms with Crippen LogP contribution in [0.5, 0.6) is 5.75 Å². The number of halogens is 1. The fraction of sp³-hybridized carbons (Fsp3) is 0.250. The Bertz CT molecular complexity index is 601. The van der Waals surface area contributed by atoms with Crippen LogP contribution in [0.3, 0.4) is 0 Å². The monoisotopic (exact) mass is 323 g/mol. The Labute approximate surface area is 132 Å². The highest BCUT2D eigenvalue weighted by molar-refractivity contribution is 7.84. The average molecular weight is 324 g/mol. The summed E-state index contributed by atoms with van der Waals surface area (Å²) >= 11 is 6.05.